The number of nitro groups is 1. The summed E-state index contributed by atoms with van der Waals surface area (Å²) in [6.07, 6.45) is 1.81. The summed E-state index contributed by atoms with van der Waals surface area (Å²) in [7, 11) is 0. The van der Waals surface area contributed by atoms with E-state index in [1.807, 2.05) is 0 Å². The van der Waals surface area contributed by atoms with Crippen molar-refractivity contribution >= 4 is 23.3 Å². The first-order valence-electron chi connectivity index (χ1n) is 5.34. The maximum atomic E-state index is 12.1. The fraction of sp³-hybridized carbons (Fsp3) is 0.500. The second-order valence-electron chi connectivity index (χ2n) is 3.96. The third kappa shape index (κ3) is 2.26. The molecule has 1 aromatic heterocycles. The molecule has 6 nitrogen and oxygen atoms in total. The first-order valence-corrected chi connectivity index (χ1v) is 5.87. The van der Waals surface area contributed by atoms with Gasteiger partial charge in [0.25, 0.3) is 5.91 Å². The zero-order valence-corrected chi connectivity index (χ0v) is 9.81. The first-order chi connectivity index (χ1) is 8.13. The van der Waals surface area contributed by atoms with E-state index in [1.165, 1.54) is 12.1 Å². The molecule has 0 aromatic carbocycles. The largest absolute Gasteiger partial charge is 0.358 e. The topological polar surface area (TPSA) is 79.2 Å². The second kappa shape index (κ2) is 4.75. The summed E-state index contributed by atoms with van der Waals surface area (Å²) in [5.41, 5.74) is 0.244. The van der Waals surface area contributed by atoms with Crippen LogP contribution in [0.3, 0.4) is 0 Å². The van der Waals surface area contributed by atoms with Crippen LogP contribution in [0, 0.1) is 10.1 Å². The Morgan fingerprint density at radius 2 is 2.41 bits per heavy atom. The van der Waals surface area contributed by atoms with Gasteiger partial charge in [0.05, 0.1) is 0 Å². The van der Waals surface area contributed by atoms with E-state index < -0.39 is 4.92 Å². The van der Waals surface area contributed by atoms with Crippen molar-refractivity contribution in [3.63, 3.8) is 0 Å². The van der Waals surface area contributed by atoms with Crippen LogP contribution in [0.2, 0.25) is 0 Å². The molecule has 1 aliphatic heterocycles. The molecule has 1 atom stereocenters. The van der Waals surface area contributed by atoms with Crippen molar-refractivity contribution in [1.29, 1.82) is 0 Å². The Labute approximate surface area is 103 Å². The number of hydrogen-bond acceptors (Lipinski definition) is 3. The number of halogens is 1. The number of H-pyrrole nitrogens is 1. The fourth-order valence-corrected chi connectivity index (χ4v) is 2.35. The van der Waals surface area contributed by atoms with Gasteiger partial charge in [-0.3, -0.25) is 4.79 Å². The van der Waals surface area contributed by atoms with E-state index in [1.54, 1.807) is 4.90 Å². The standard InChI is InChI=1S/C10H12ClN3O3/c11-6-7-2-1-5-13(7)10(15)8-3-4-9(12-8)14(16)17/h3-4,7,12H,1-2,5-6H2. The first kappa shape index (κ1) is 11.9. The number of aromatic amines is 1. The quantitative estimate of drug-likeness (QED) is 0.509. The SMILES string of the molecule is O=C(c1ccc([N+](=O)[O-])[nH]1)N1CCCC1CCl. The molecule has 1 unspecified atom stereocenters. The smallest absolute Gasteiger partial charge is 0.321 e. The van der Waals surface area contributed by atoms with Crippen LogP contribution in [-0.2, 0) is 0 Å². The van der Waals surface area contributed by atoms with Crippen molar-refractivity contribution in [3.8, 4) is 0 Å². The van der Waals surface area contributed by atoms with Gasteiger partial charge in [-0.15, -0.1) is 11.6 Å². The molecule has 0 aliphatic carbocycles. The Morgan fingerprint density at radius 3 is 3.00 bits per heavy atom. The van der Waals surface area contributed by atoms with Crippen molar-refractivity contribution in [1.82, 2.24) is 9.88 Å². The third-order valence-corrected chi connectivity index (χ3v) is 3.27. The van der Waals surface area contributed by atoms with Crippen molar-refractivity contribution in [3.05, 3.63) is 27.9 Å². The molecule has 0 spiro atoms. The Balaban J connectivity index is 2.16. The summed E-state index contributed by atoms with van der Waals surface area (Å²) in [5.74, 6) is 0.00497. The van der Waals surface area contributed by atoms with Gasteiger partial charge in [-0.1, -0.05) is 0 Å². The minimum atomic E-state index is -0.556. The molecule has 17 heavy (non-hydrogen) atoms. The lowest BCUT2D eigenvalue weighted by molar-refractivity contribution is -0.389. The van der Waals surface area contributed by atoms with E-state index in [0.29, 0.717) is 12.4 Å². The van der Waals surface area contributed by atoms with Gasteiger partial charge in [-0.05, 0) is 23.8 Å². The highest BCUT2D eigenvalue weighted by molar-refractivity contribution is 6.18. The van der Waals surface area contributed by atoms with E-state index in [9.17, 15) is 14.9 Å². The summed E-state index contributed by atoms with van der Waals surface area (Å²) in [4.78, 5) is 26.2. The number of alkyl halides is 1. The van der Waals surface area contributed by atoms with Crippen LogP contribution in [0.1, 0.15) is 23.3 Å². The molecular weight excluding hydrogens is 246 g/mol. The number of likely N-dealkylation sites (tertiary alicyclic amines) is 1. The lowest BCUT2D eigenvalue weighted by Gasteiger charge is -2.21. The van der Waals surface area contributed by atoms with Crippen molar-refractivity contribution < 1.29 is 9.72 Å². The summed E-state index contributed by atoms with van der Waals surface area (Å²) in [6.45, 7) is 0.656. The van der Waals surface area contributed by atoms with Gasteiger partial charge in [-0.2, -0.15) is 0 Å². The van der Waals surface area contributed by atoms with E-state index in [4.69, 9.17) is 11.6 Å². The molecule has 92 valence electrons. The van der Waals surface area contributed by atoms with E-state index in [-0.39, 0.29) is 23.5 Å². The molecule has 1 aromatic rings. The molecule has 1 amide bonds. The highest BCUT2D eigenvalue weighted by Crippen LogP contribution is 2.21. The minimum absolute atomic E-state index is 0.0338. The van der Waals surface area contributed by atoms with Gasteiger partial charge in [0, 0.05) is 24.5 Å². The van der Waals surface area contributed by atoms with E-state index in [0.717, 1.165) is 12.8 Å². The maximum absolute atomic E-state index is 12.1. The van der Waals surface area contributed by atoms with Crippen LogP contribution in [-0.4, -0.2) is 39.2 Å². The third-order valence-electron chi connectivity index (χ3n) is 2.91. The molecule has 7 heteroatoms. The highest BCUT2D eigenvalue weighted by atomic mass is 35.5. The lowest BCUT2D eigenvalue weighted by atomic mass is 10.2. The average molecular weight is 258 g/mol. The molecule has 1 aliphatic rings. The van der Waals surface area contributed by atoms with Crippen LogP contribution in [0.4, 0.5) is 5.82 Å². The van der Waals surface area contributed by atoms with Crippen molar-refractivity contribution in [2.75, 3.05) is 12.4 Å². The molecule has 1 saturated heterocycles. The average Bonchev–Trinajstić information content (AvgIpc) is 2.96. The molecule has 1 fully saturated rings. The highest BCUT2D eigenvalue weighted by Gasteiger charge is 2.31. The Hall–Kier alpha value is -1.56. The Bertz CT molecular complexity index is 446. The van der Waals surface area contributed by atoms with Crippen LogP contribution in [0.15, 0.2) is 12.1 Å². The van der Waals surface area contributed by atoms with E-state index in [2.05, 4.69) is 4.98 Å². The second-order valence-corrected chi connectivity index (χ2v) is 4.27. The van der Waals surface area contributed by atoms with E-state index >= 15 is 0 Å². The van der Waals surface area contributed by atoms with Gasteiger partial charge in [0.15, 0.2) is 5.69 Å². The molecule has 2 heterocycles. The fourth-order valence-electron chi connectivity index (χ4n) is 2.03. The Morgan fingerprint density at radius 1 is 1.65 bits per heavy atom. The van der Waals surface area contributed by atoms with Gasteiger partial charge in [0.1, 0.15) is 0 Å². The van der Waals surface area contributed by atoms with Crippen molar-refractivity contribution in [2.24, 2.45) is 0 Å². The molecule has 2 rings (SSSR count). The number of amides is 1. The van der Waals surface area contributed by atoms with Crippen LogP contribution in [0.5, 0.6) is 0 Å². The predicted molar refractivity (Wildman–Crippen MR) is 62.2 cm³/mol. The number of rotatable bonds is 3. The molecule has 1 N–H and O–H groups in total. The summed E-state index contributed by atoms with van der Waals surface area (Å²) >= 11 is 5.78. The van der Waals surface area contributed by atoms with Gasteiger partial charge < -0.3 is 15.0 Å². The molecular formula is C10H12ClN3O3. The number of nitrogens with zero attached hydrogens (tertiary/aromatic N) is 2. The number of carbonyl (C=O) groups excluding carboxylic acids is 1. The predicted octanol–water partition coefficient (Wildman–Crippen LogP) is 1.77. The molecule has 0 bridgehead atoms. The molecule has 0 saturated carbocycles. The van der Waals surface area contributed by atoms with Crippen molar-refractivity contribution in [2.45, 2.75) is 18.9 Å². The Kier molecular flexibility index (Phi) is 3.33. The number of nitrogens with one attached hydrogen (secondary N) is 1. The number of aromatic nitrogens is 1. The van der Waals surface area contributed by atoms with Gasteiger partial charge in [0.2, 0.25) is 0 Å². The van der Waals surface area contributed by atoms with Crippen LogP contribution >= 0.6 is 11.6 Å². The van der Waals surface area contributed by atoms with Crippen LogP contribution < -0.4 is 0 Å². The summed E-state index contributed by atoms with van der Waals surface area (Å²) in [5, 5.41) is 10.5. The molecule has 0 radical (unpaired) electrons. The zero-order valence-electron chi connectivity index (χ0n) is 9.06. The number of hydrogen-bond donors (Lipinski definition) is 1. The van der Waals surface area contributed by atoms with Gasteiger partial charge >= 0.3 is 5.82 Å². The normalized spacial score (nSPS) is 19.6. The summed E-state index contributed by atoms with van der Waals surface area (Å²) in [6, 6.07) is 2.76. The van der Waals surface area contributed by atoms with Gasteiger partial charge in [-0.25, -0.2) is 4.98 Å². The zero-order chi connectivity index (χ0) is 12.4. The minimum Gasteiger partial charge on any atom is -0.358 e. The lowest BCUT2D eigenvalue weighted by Crippen LogP contribution is -2.36. The van der Waals surface area contributed by atoms with Crippen LogP contribution in [0.25, 0.3) is 0 Å². The monoisotopic (exact) mass is 257 g/mol. The maximum Gasteiger partial charge on any atom is 0.321 e. The number of carbonyl (C=O) groups is 1. The summed E-state index contributed by atoms with van der Waals surface area (Å²) < 4.78 is 0.